The molecule has 0 atom stereocenters. The summed E-state index contributed by atoms with van der Waals surface area (Å²) in [5.74, 6) is 1.27. The number of imidazole rings is 1. The number of hydrogen-bond donors (Lipinski definition) is 0. The number of benzene rings is 1. The second-order valence-electron chi connectivity index (χ2n) is 10.0. The molecule has 0 aliphatic carbocycles. The summed E-state index contributed by atoms with van der Waals surface area (Å²) in [6, 6.07) is 14.5. The summed E-state index contributed by atoms with van der Waals surface area (Å²) < 4.78 is 8.27. The van der Waals surface area contributed by atoms with E-state index in [0.29, 0.717) is 19.1 Å². The van der Waals surface area contributed by atoms with E-state index in [4.69, 9.17) is 9.72 Å². The van der Waals surface area contributed by atoms with Gasteiger partial charge in [0, 0.05) is 19.8 Å². The van der Waals surface area contributed by atoms with E-state index < -0.39 is 0 Å². The van der Waals surface area contributed by atoms with Gasteiger partial charge in [0.05, 0.1) is 23.3 Å². The van der Waals surface area contributed by atoms with Crippen molar-refractivity contribution in [1.29, 1.82) is 0 Å². The van der Waals surface area contributed by atoms with Gasteiger partial charge < -0.3 is 14.0 Å². The van der Waals surface area contributed by atoms with E-state index in [-0.39, 0.29) is 5.41 Å². The smallest absolute Gasteiger partial charge is 0.228 e. The number of aryl methyl sites for hydroxylation is 2. The van der Waals surface area contributed by atoms with Gasteiger partial charge in [0.15, 0.2) is 0 Å². The number of ether oxygens (including phenoxy) is 1. The van der Waals surface area contributed by atoms with Crippen molar-refractivity contribution in [3.63, 3.8) is 0 Å². The third-order valence-corrected chi connectivity index (χ3v) is 7.82. The van der Waals surface area contributed by atoms with Crippen molar-refractivity contribution in [2.24, 2.45) is 5.41 Å². The molecule has 6 nitrogen and oxygen atoms in total. The number of carbonyl (C=O) groups is 1. The van der Waals surface area contributed by atoms with Gasteiger partial charge in [-0.05, 0) is 75.9 Å². The lowest BCUT2D eigenvalue weighted by molar-refractivity contribution is -0.145. The second-order valence-corrected chi connectivity index (χ2v) is 10.0. The van der Waals surface area contributed by atoms with E-state index in [9.17, 15) is 4.79 Å². The minimum absolute atomic E-state index is 0.251. The van der Waals surface area contributed by atoms with Crippen LogP contribution in [0.25, 0.3) is 5.65 Å². The van der Waals surface area contributed by atoms with Crippen molar-refractivity contribution in [3.8, 4) is 5.75 Å². The Morgan fingerprint density at radius 2 is 1.79 bits per heavy atom. The maximum Gasteiger partial charge on any atom is 0.228 e. The second kappa shape index (κ2) is 9.79. The molecule has 34 heavy (non-hydrogen) atoms. The molecule has 4 heterocycles. The highest BCUT2D eigenvalue weighted by Crippen LogP contribution is 2.39. The van der Waals surface area contributed by atoms with Crippen LogP contribution in [0.3, 0.4) is 0 Å². The molecule has 2 aliphatic heterocycles. The molecule has 1 fully saturated rings. The fourth-order valence-electron chi connectivity index (χ4n) is 5.71. The summed E-state index contributed by atoms with van der Waals surface area (Å²) in [5.41, 5.74) is 4.38. The standard InChI is InChI=1S/C28H36N4O2/c1-22-24(32-16-8-6-12-26(32)29-22)21-31-17-14-28(15-18-31)13-7-5-10-23-9-3-4-11-25(23)34-20-19-30(2)27(28)33/h3-4,6,8-9,11-12,16H,5,7,10,13-15,17-21H2,1-2H3. The van der Waals surface area contributed by atoms with Crippen LogP contribution in [-0.2, 0) is 17.8 Å². The first-order chi connectivity index (χ1) is 16.6. The highest BCUT2D eigenvalue weighted by molar-refractivity contribution is 5.82. The third kappa shape index (κ3) is 4.56. The normalized spacial score (nSPS) is 19.9. The molecule has 3 aromatic rings. The van der Waals surface area contributed by atoms with Gasteiger partial charge >= 0.3 is 0 Å². The molecule has 0 unspecified atom stereocenters. The van der Waals surface area contributed by atoms with Crippen molar-refractivity contribution in [2.75, 3.05) is 33.3 Å². The molecule has 180 valence electrons. The number of rotatable bonds is 2. The first kappa shape index (κ1) is 22.9. The molecule has 1 spiro atoms. The quantitative estimate of drug-likeness (QED) is 0.566. The fourth-order valence-corrected chi connectivity index (χ4v) is 5.71. The predicted molar refractivity (Wildman–Crippen MR) is 134 cm³/mol. The number of piperidine rings is 1. The average molecular weight is 461 g/mol. The molecule has 0 bridgehead atoms. The minimum atomic E-state index is -0.251. The Labute approximate surface area is 202 Å². The predicted octanol–water partition coefficient (Wildman–Crippen LogP) is 4.49. The van der Waals surface area contributed by atoms with E-state index in [1.165, 1.54) is 11.3 Å². The number of carbonyl (C=O) groups excluding carboxylic acids is 1. The lowest BCUT2D eigenvalue weighted by atomic mass is 9.73. The van der Waals surface area contributed by atoms with Gasteiger partial charge in [-0.1, -0.05) is 30.7 Å². The molecule has 1 amide bonds. The Morgan fingerprint density at radius 1 is 1.00 bits per heavy atom. The first-order valence-electron chi connectivity index (χ1n) is 12.7. The van der Waals surface area contributed by atoms with Crippen LogP contribution in [0.2, 0.25) is 0 Å². The Hall–Kier alpha value is -2.86. The highest BCUT2D eigenvalue weighted by atomic mass is 16.5. The molecule has 2 aliphatic rings. The molecule has 1 aromatic carbocycles. The van der Waals surface area contributed by atoms with Crippen LogP contribution < -0.4 is 4.74 Å². The molecule has 0 radical (unpaired) electrons. The number of likely N-dealkylation sites (tertiary alicyclic amines) is 1. The summed E-state index contributed by atoms with van der Waals surface area (Å²) in [6.45, 7) is 6.02. The molecule has 0 saturated carbocycles. The number of pyridine rings is 1. The molecule has 1 saturated heterocycles. The lowest BCUT2D eigenvalue weighted by Crippen LogP contribution is -2.50. The molecular formula is C28H36N4O2. The average Bonchev–Trinajstić information content (AvgIpc) is 3.17. The van der Waals surface area contributed by atoms with E-state index in [2.05, 4.69) is 46.7 Å². The van der Waals surface area contributed by atoms with Crippen molar-refractivity contribution in [3.05, 3.63) is 65.6 Å². The molecule has 0 N–H and O–H groups in total. The number of para-hydroxylation sites is 1. The zero-order valence-corrected chi connectivity index (χ0v) is 20.5. The van der Waals surface area contributed by atoms with Crippen LogP contribution in [0.5, 0.6) is 5.75 Å². The van der Waals surface area contributed by atoms with Crippen LogP contribution in [0, 0.1) is 12.3 Å². The lowest BCUT2D eigenvalue weighted by Gasteiger charge is -2.43. The van der Waals surface area contributed by atoms with Gasteiger partial charge in [0.2, 0.25) is 5.91 Å². The summed E-state index contributed by atoms with van der Waals surface area (Å²) in [4.78, 5) is 22.8. The Balaban J connectivity index is 1.28. The SMILES string of the molecule is Cc1nc2ccccn2c1CN1CCC2(CCCCc3ccccc3OCCN(C)C2=O)CC1. The summed E-state index contributed by atoms with van der Waals surface area (Å²) in [7, 11) is 1.94. The highest BCUT2D eigenvalue weighted by Gasteiger charge is 2.42. The monoisotopic (exact) mass is 460 g/mol. The van der Waals surface area contributed by atoms with E-state index in [0.717, 1.165) is 75.2 Å². The Morgan fingerprint density at radius 3 is 2.65 bits per heavy atom. The van der Waals surface area contributed by atoms with Gasteiger partial charge in [-0.2, -0.15) is 0 Å². The molecular weight excluding hydrogens is 424 g/mol. The number of hydrogen-bond acceptors (Lipinski definition) is 4. The number of amides is 1. The van der Waals surface area contributed by atoms with Gasteiger partial charge in [0.1, 0.15) is 18.0 Å². The molecule has 6 heteroatoms. The van der Waals surface area contributed by atoms with E-state index >= 15 is 0 Å². The van der Waals surface area contributed by atoms with Gasteiger partial charge in [-0.3, -0.25) is 9.69 Å². The maximum absolute atomic E-state index is 13.7. The van der Waals surface area contributed by atoms with Gasteiger partial charge in [-0.15, -0.1) is 0 Å². The van der Waals surface area contributed by atoms with Crippen LogP contribution in [-0.4, -0.2) is 58.4 Å². The van der Waals surface area contributed by atoms with Crippen molar-refractivity contribution >= 4 is 11.6 Å². The fraction of sp³-hybridized carbons (Fsp3) is 0.500. The topological polar surface area (TPSA) is 50.1 Å². The zero-order chi connectivity index (χ0) is 23.5. The summed E-state index contributed by atoms with van der Waals surface area (Å²) >= 11 is 0. The third-order valence-electron chi connectivity index (χ3n) is 7.82. The first-order valence-corrected chi connectivity index (χ1v) is 12.7. The number of nitrogens with zero attached hydrogens (tertiary/aromatic N) is 4. The van der Waals surface area contributed by atoms with E-state index in [1.54, 1.807) is 0 Å². The van der Waals surface area contributed by atoms with Crippen LogP contribution >= 0.6 is 0 Å². The minimum Gasteiger partial charge on any atom is -0.491 e. The Kier molecular flexibility index (Phi) is 6.59. The molecule has 5 rings (SSSR count). The Bertz CT molecular complexity index is 1150. The van der Waals surface area contributed by atoms with E-state index in [1.807, 2.05) is 30.1 Å². The van der Waals surface area contributed by atoms with Gasteiger partial charge in [0.25, 0.3) is 0 Å². The van der Waals surface area contributed by atoms with Crippen LogP contribution in [0.15, 0.2) is 48.7 Å². The number of likely N-dealkylation sites (N-methyl/N-ethyl adjacent to an activating group) is 1. The summed E-state index contributed by atoms with van der Waals surface area (Å²) in [5, 5.41) is 0. The molecule has 2 aromatic heterocycles. The number of fused-ring (bicyclic) bond motifs is 2. The largest absolute Gasteiger partial charge is 0.491 e. The van der Waals surface area contributed by atoms with Crippen molar-refractivity contribution in [1.82, 2.24) is 19.2 Å². The van der Waals surface area contributed by atoms with Crippen molar-refractivity contribution < 1.29 is 9.53 Å². The van der Waals surface area contributed by atoms with Crippen molar-refractivity contribution in [2.45, 2.75) is 52.0 Å². The maximum atomic E-state index is 13.7. The summed E-state index contributed by atoms with van der Waals surface area (Å²) in [6.07, 6.45) is 8.08. The van der Waals surface area contributed by atoms with Crippen LogP contribution in [0.1, 0.15) is 49.1 Å². The van der Waals surface area contributed by atoms with Gasteiger partial charge in [-0.25, -0.2) is 4.98 Å². The van der Waals surface area contributed by atoms with Crippen LogP contribution in [0.4, 0.5) is 0 Å². The zero-order valence-electron chi connectivity index (χ0n) is 20.5. The number of aromatic nitrogens is 2.